The van der Waals surface area contributed by atoms with Crippen LogP contribution in [0.25, 0.3) is 0 Å². The summed E-state index contributed by atoms with van der Waals surface area (Å²) < 4.78 is 5.49. The van der Waals surface area contributed by atoms with Crippen LogP contribution in [0.5, 0.6) is 0 Å². The molecule has 0 aliphatic rings. The molecule has 2 N–H and O–H groups in total. The number of aliphatic hydroxyl groups excluding tert-OH is 1. The first-order chi connectivity index (χ1) is 6.67. The van der Waals surface area contributed by atoms with Gasteiger partial charge in [0, 0.05) is 6.04 Å². The molecular formula is C11H19NO2. The lowest BCUT2D eigenvalue weighted by Gasteiger charge is -2.18. The van der Waals surface area contributed by atoms with Gasteiger partial charge in [0.2, 0.25) is 0 Å². The zero-order valence-electron chi connectivity index (χ0n) is 9.08. The summed E-state index contributed by atoms with van der Waals surface area (Å²) in [6, 6.07) is 4.22. The van der Waals surface area contributed by atoms with E-state index in [0.29, 0.717) is 0 Å². The van der Waals surface area contributed by atoms with Crippen molar-refractivity contribution >= 4 is 0 Å². The first-order valence-electron chi connectivity index (χ1n) is 5.10. The standard InChI is InChI=1S/C11H19NO2/c1-4-10(7-13)12-9(3)11-6-5-8(2)14-11/h5-6,9-10,12-13H,4,7H2,1-3H3. The second kappa shape index (κ2) is 5.17. The molecule has 1 heterocycles. The van der Waals surface area contributed by atoms with Crippen LogP contribution in [-0.4, -0.2) is 17.8 Å². The van der Waals surface area contributed by atoms with Gasteiger partial charge >= 0.3 is 0 Å². The van der Waals surface area contributed by atoms with Crippen molar-refractivity contribution in [2.75, 3.05) is 6.61 Å². The van der Waals surface area contributed by atoms with Gasteiger partial charge in [-0.2, -0.15) is 0 Å². The van der Waals surface area contributed by atoms with Crippen molar-refractivity contribution < 1.29 is 9.52 Å². The van der Waals surface area contributed by atoms with Gasteiger partial charge in [-0.05, 0) is 32.4 Å². The van der Waals surface area contributed by atoms with Crippen molar-refractivity contribution in [2.45, 2.75) is 39.3 Å². The smallest absolute Gasteiger partial charge is 0.120 e. The first-order valence-corrected chi connectivity index (χ1v) is 5.10. The van der Waals surface area contributed by atoms with Crippen LogP contribution in [0.4, 0.5) is 0 Å². The lowest BCUT2D eigenvalue weighted by atomic mass is 10.2. The van der Waals surface area contributed by atoms with E-state index in [0.717, 1.165) is 17.9 Å². The third-order valence-corrected chi connectivity index (χ3v) is 2.39. The Morgan fingerprint density at radius 2 is 2.21 bits per heavy atom. The molecule has 0 amide bonds. The van der Waals surface area contributed by atoms with Crippen molar-refractivity contribution in [3.63, 3.8) is 0 Å². The average molecular weight is 197 g/mol. The molecule has 1 rings (SSSR count). The summed E-state index contributed by atoms with van der Waals surface area (Å²) >= 11 is 0. The van der Waals surface area contributed by atoms with Crippen molar-refractivity contribution in [3.8, 4) is 0 Å². The quantitative estimate of drug-likeness (QED) is 0.759. The molecule has 3 nitrogen and oxygen atoms in total. The van der Waals surface area contributed by atoms with Gasteiger partial charge in [0.1, 0.15) is 11.5 Å². The Labute approximate surface area is 85.1 Å². The van der Waals surface area contributed by atoms with E-state index in [4.69, 9.17) is 9.52 Å². The van der Waals surface area contributed by atoms with E-state index in [2.05, 4.69) is 5.32 Å². The van der Waals surface area contributed by atoms with E-state index in [-0.39, 0.29) is 18.7 Å². The Morgan fingerprint density at radius 1 is 1.50 bits per heavy atom. The fraction of sp³-hybridized carbons (Fsp3) is 0.636. The maximum absolute atomic E-state index is 9.03. The zero-order chi connectivity index (χ0) is 10.6. The molecule has 0 aliphatic carbocycles. The summed E-state index contributed by atoms with van der Waals surface area (Å²) in [6.07, 6.45) is 0.917. The van der Waals surface area contributed by atoms with Crippen molar-refractivity contribution in [1.82, 2.24) is 5.32 Å². The Bertz CT molecular complexity index is 266. The van der Waals surface area contributed by atoms with Gasteiger partial charge in [-0.15, -0.1) is 0 Å². The topological polar surface area (TPSA) is 45.4 Å². The third kappa shape index (κ3) is 2.86. The summed E-state index contributed by atoms with van der Waals surface area (Å²) in [5, 5.41) is 12.3. The van der Waals surface area contributed by atoms with Gasteiger partial charge < -0.3 is 14.8 Å². The zero-order valence-corrected chi connectivity index (χ0v) is 9.08. The van der Waals surface area contributed by atoms with Gasteiger partial charge in [-0.25, -0.2) is 0 Å². The minimum absolute atomic E-state index is 0.149. The van der Waals surface area contributed by atoms with Gasteiger partial charge in [0.05, 0.1) is 12.6 Å². The molecule has 0 fully saturated rings. The number of rotatable bonds is 5. The molecule has 0 bridgehead atoms. The van der Waals surface area contributed by atoms with Gasteiger partial charge in [-0.3, -0.25) is 0 Å². The molecule has 1 aromatic rings. The molecule has 0 aliphatic heterocycles. The highest BCUT2D eigenvalue weighted by Crippen LogP contribution is 2.16. The number of hydrogen-bond donors (Lipinski definition) is 2. The van der Waals surface area contributed by atoms with Crippen molar-refractivity contribution in [1.29, 1.82) is 0 Å². The Morgan fingerprint density at radius 3 is 2.64 bits per heavy atom. The molecule has 0 saturated heterocycles. The second-order valence-electron chi connectivity index (χ2n) is 3.62. The SMILES string of the molecule is CCC(CO)NC(C)c1ccc(C)o1. The average Bonchev–Trinajstić information content (AvgIpc) is 2.61. The Hall–Kier alpha value is -0.800. The Kier molecular flexibility index (Phi) is 4.17. The monoisotopic (exact) mass is 197 g/mol. The largest absolute Gasteiger partial charge is 0.465 e. The van der Waals surface area contributed by atoms with Crippen LogP contribution >= 0.6 is 0 Å². The van der Waals surface area contributed by atoms with Crippen LogP contribution in [0.3, 0.4) is 0 Å². The molecule has 1 aromatic heterocycles. The summed E-state index contributed by atoms with van der Waals surface area (Å²) in [5.41, 5.74) is 0. The molecule has 80 valence electrons. The number of aryl methyl sites for hydroxylation is 1. The highest BCUT2D eigenvalue weighted by Gasteiger charge is 2.13. The van der Waals surface area contributed by atoms with E-state index >= 15 is 0 Å². The summed E-state index contributed by atoms with van der Waals surface area (Å²) in [5.74, 6) is 1.85. The van der Waals surface area contributed by atoms with E-state index < -0.39 is 0 Å². The van der Waals surface area contributed by atoms with Gasteiger partial charge in [-0.1, -0.05) is 6.92 Å². The first kappa shape index (κ1) is 11.3. The maximum Gasteiger partial charge on any atom is 0.120 e. The fourth-order valence-corrected chi connectivity index (χ4v) is 1.42. The maximum atomic E-state index is 9.03. The van der Waals surface area contributed by atoms with Crippen LogP contribution in [0, 0.1) is 6.92 Å². The summed E-state index contributed by atoms with van der Waals surface area (Å²) in [7, 11) is 0. The molecule has 0 saturated carbocycles. The number of hydrogen-bond acceptors (Lipinski definition) is 3. The molecule has 14 heavy (non-hydrogen) atoms. The predicted molar refractivity (Wildman–Crippen MR) is 56.2 cm³/mol. The van der Waals surface area contributed by atoms with Gasteiger partial charge in [0.25, 0.3) is 0 Å². The van der Waals surface area contributed by atoms with E-state index in [1.54, 1.807) is 0 Å². The minimum atomic E-state index is 0.149. The van der Waals surface area contributed by atoms with Crippen LogP contribution in [-0.2, 0) is 0 Å². The molecule has 0 spiro atoms. The van der Waals surface area contributed by atoms with Crippen LogP contribution < -0.4 is 5.32 Å². The van der Waals surface area contributed by atoms with E-state index in [9.17, 15) is 0 Å². The third-order valence-electron chi connectivity index (χ3n) is 2.39. The van der Waals surface area contributed by atoms with Crippen LogP contribution in [0.15, 0.2) is 16.5 Å². The minimum Gasteiger partial charge on any atom is -0.465 e. The van der Waals surface area contributed by atoms with E-state index in [1.165, 1.54) is 0 Å². The normalized spacial score (nSPS) is 15.4. The number of nitrogens with one attached hydrogen (secondary N) is 1. The highest BCUT2D eigenvalue weighted by molar-refractivity contribution is 5.09. The summed E-state index contributed by atoms with van der Waals surface area (Å²) in [4.78, 5) is 0. The highest BCUT2D eigenvalue weighted by atomic mass is 16.3. The molecule has 2 unspecified atom stereocenters. The molecular weight excluding hydrogens is 178 g/mol. The second-order valence-corrected chi connectivity index (χ2v) is 3.62. The number of furan rings is 1. The molecule has 2 atom stereocenters. The van der Waals surface area contributed by atoms with Crippen molar-refractivity contribution in [2.24, 2.45) is 0 Å². The molecule has 3 heteroatoms. The van der Waals surface area contributed by atoms with Gasteiger partial charge in [0.15, 0.2) is 0 Å². The fourth-order valence-electron chi connectivity index (χ4n) is 1.42. The summed E-state index contributed by atoms with van der Waals surface area (Å²) in [6.45, 7) is 6.19. The lowest BCUT2D eigenvalue weighted by molar-refractivity contribution is 0.225. The van der Waals surface area contributed by atoms with Crippen LogP contribution in [0.1, 0.15) is 37.8 Å². The molecule has 0 aromatic carbocycles. The predicted octanol–water partition coefficient (Wildman–Crippen LogP) is 2.01. The van der Waals surface area contributed by atoms with Crippen molar-refractivity contribution in [3.05, 3.63) is 23.7 Å². The lowest BCUT2D eigenvalue weighted by Crippen LogP contribution is -2.33. The van der Waals surface area contributed by atoms with Crippen LogP contribution in [0.2, 0.25) is 0 Å². The number of aliphatic hydroxyl groups is 1. The Balaban J connectivity index is 2.53. The van der Waals surface area contributed by atoms with E-state index in [1.807, 2.05) is 32.9 Å². The molecule has 0 radical (unpaired) electrons.